The third-order valence-electron chi connectivity index (χ3n) is 2.84. The van der Waals surface area contributed by atoms with Gasteiger partial charge in [0.25, 0.3) is 0 Å². The van der Waals surface area contributed by atoms with Crippen molar-refractivity contribution >= 4 is 11.4 Å². The molecule has 0 fully saturated rings. The Morgan fingerprint density at radius 2 is 2.25 bits per heavy atom. The number of anilines is 1. The van der Waals surface area contributed by atoms with Crippen molar-refractivity contribution < 1.29 is 0 Å². The van der Waals surface area contributed by atoms with Gasteiger partial charge in [-0.1, -0.05) is 37.3 Å². The van der Waals surface area contributed by atoms with Crippen LogP contribution in [0.5, 0.6) is 0 Å². The molecule has 1 aliphatic carbocycles. The Morgan fingerprint density at radius 1 is 1.44 bits per heavy atom. The minimum Gasteiger partial charge on any atom is -0.384 e. The summed E-state index contributed by atoms with van der Waals surface area (Å²) < 4.78 is 1.69. The fourth-order valence-corrected chi connectivity index (χ4v) is 1.71. The van der Waals surface area contributed by atoms with Crippen molar-refractivity contribution in [2.75, 3.05) is 5.73 Å². The van der Waals surface area contributed by atoms with Crippen molar-refractivity contribution in [1.29, 1.82) is 0 Å². The maximum Gasteiger partial charge on any atom is 0.121 e. The molecule has 1 aromatic rings. The maximum atomic E-state index is 5.77. The summed E-state index contributed by atoms with van der Waals surface area (Å²) in [5.41, 5.74) is 7.81. The SMILES string of the molecule is CCC1C=CC=C(c2cc(N)n(C)n2)C=C1. The molecule has 1 aliphatic rings. The lowest BCUT2D eigenvalue weighted by atomic mass is 10.1. The molecule has 1 atom stereocenters. The first-order chi connectivity index (χ1) is 7.70. The molecule has 3 heteroatoms. The summed E-state index contributed by atoms with van der Waals surface area (Å²) in [6, 6.07) is 1.90. The van der Waals surface area contributed by atoms with Gasteiger partial charge in [-0.2, -0.15) is 5.10 Å². The lowest BCUT2D eigenvalue weighted by Crippen LogP contribution is -1.96. The molecular formula is C13H17N3. The minimum atomic E-state index is 0.523. The number of hydrogen-bond donors (Lipinski definition) is 1. The number of nitrogens with zero attached hydrogens (tertiary/aromatic N) is 2. The van der Waals surface area contributed by atoms with E-state index in [9.17, 15) is 0 Å². The second-order valence-electron chi connectivity index (χ2n) is 4.02. The number of nitrogens with two attached hydrogens (primary N) is 1. The van der Waals surface area contributed by atoms with E-state index >= 15 is 0 Å². The molecule has 0 radical (unpaired) electrons. The number of allylic oxidation sites excluding steroid dienone is 6. The van der Waals surface area contributed by atoms with Crippen LogP contribution in [0.1, 0.15) is 19.0 Å². The van der Waals surface area contributed by atoms with Crippen LogP contribution in [0.4, 0.5) is 5.82 Å². The van der Waals surface area contributed by atoms with Gasteiger partial charge in [0.2, 0.25) is 0 Å². The van der Waals surface area contributed by atoms with Crippen molar-refractivity contribution in [2.24, 2.45) is 13.0 Å². The Bertz CT molecular complexity index is 444. The smallest absolute Gasteiger partial charge is 0.121 e. The molecule has 0 amide bonds. The summed E-state index contributed by atoms with van der Waals surface area (Å²) in [6.07, 6.45) is 11.8. The summed E-state index contributed by atoms with van der Waals surface area (Å²) >= 11 is 0. The van der Waals surface area contributed by atoms with Gasteiger partial charge in [0.05, 0.1) is 5.69 Å². The molecule has 1 aromatic heterocycles. The zero-order valence-corrected chi connectivity index (χ0v) is 9.72. The standard InChI is InChI=1S/C13H17N3/c1-3-10-5-4-6-11(8-7-10)12-9-13(14)16(2)15-12/h4-10H,3,14H2,1-2H3. The Balaban J connectivity index is 2.29. The van der Waals surface area contributed by atoms with Gasteiger partial charge in [0.1, 0.15) is 5.82 Å². The van der Waals surface area contributed by atoms with Crippen LogP contribution in [0.2, 0.25) is 0 Å². The van der Waals surface area contributed by atoms with Gasteiger partial charge in [-0.15, -0.1) is 0 Å². The average Bonchev–Trinajstić information content (AvgIpc) is 2.53. The molecule has 2 rings (SSSR count). The third kappa shape index (κ3) is 2.08. The van der Waals surface area contributed by atoms with Crippen LogP contribution in [-0.4, -0.2) is 9.78 Å². The van der Waals surface area contributed by atoms with Crippen molar-refractivity contribution in [1.82, 2.24) is 9.78 Å². The van der Waals surface area contributed by atoms with E-state index in [0.29, 0.717) is 11.7 Å². The number of rotatable bonds is 2. The van der Waals surface area contributed by atoms with Crippen LogP contribution in [0, 0.1) is 5.92 Å². The van der Waals surface area contributed by atoms with E-state index in [0.717, 1.165) is 17.7 Å². The third-order valence-corrected chi connectivity index (χ3v) is 2.84. The fraction of sp³-hybridized carbons (Fsp3) is 0.308. The molecule has 0 saturated heterocycles. The molecule has 0 aromatic carbocycles. The molecule has 0 bridgehead atoms. The average molecular weight is 215 g/mol. The van der Waals surface area contributed by atoms with Crippen LogP contribution in [-0.2, 0) is 7.05 Å². The second-order valence-corrected chi connectivity index (χ2v) is 4.02. The van der Waals surface area contributed by atoms with E-state index in [-0.39, 0.29) is 0 Å². The van der Waals surface area contributed by atoms with E-state index in [4.69, 9.17) is 5.73 Å². The number of hydrogen-bond acceptors (Lipinski definition) is 2. The molecule has 1 unspecified atom stereocenters. The van der Waals surface area contributed by atoms with E-state index in [2.05, 4.69) is 42.4 Å². The highest BCUT2D eigenvalue weighted by molar-refractivity contribution is 5.74. The van der Waals surface area contributed by atoms with E-state index in [1.165, 1.54) is 0 Å². The Labute approximate surface area is 96.0 Å². The molecule has 0 spiro atoms. The Hall–Kier alpha value is -1.77. The molecule has 3 nitrogen and oxygen atoms in total. The van der Waals surface area contributed by atoms with Crippen LogP contribution in [0.25, 0.3) is 5.57 Å². The molecule has 1 heterocycles. The highest BCUT2D eigenvalue weighted by Gasteiger charge is 2.07. The molecule has 2 N–H and O–H groups in total. The first-order valence-electron chi connectivity index (χ1n) is 5.57. The van der Waals surface area contributed by atoms with Crippen molar-refractivity contribution in [2.45, 2.75) is 13.3 Å². The van der Waals surface area contributed by atoms with Gasteiger partial charge < -0.3 is 5.73 Å². The second kappa shape index (κ2) is 4.39. The largest absolute Gasteiger partial charge is 0.384 e. The molecule has 0 aliphatic heterocycles. The van der Waals surface area contributed by atoms with Gasteiger partial charge >= 0.3 is 0 Å². The zero-order valence-electron chi connectivity index (χ0n) is 9.72. The summed E-state index contributed by atoms with van der Waals surface area (Å²) in [5, 5.41) is 4.36. The predicted octanol–water partition coefficient (Wildman–Crippen LogP) is 2.54. The van der Waals surface area contributed by atoms with Crippen LogP contribution >= 0.6 is 0 Å². The fourth-order valence-electron chi connectivity index (χ4n) is 1.71. The molecule has 16 heavy (non-hydrogen) atoms. The first-order valence-corrected chi connectivity index (χ1v) is 5.57. The van der Waals surface area contributed by atoms with Gasteiger partial charge in [-0.05, 0) is 12.3 Å². The monoisotopic (exact) mass is 215 g/mol. The predicted molar refractivity (Wildman–Crippen MR) is 67.7 cm³/mol. The lowest BCUT2D eigenvalue weighted by Gasteiger charge is -1.99. The van der Waals surface area contributed by atoms with Crippen LogP contribution in [0.3, 0.4) is 0 Å². The summed E-state index contributed by atoms with van der Waals surface area (Å²) in [6.45, 7) is 2.18. The highest BCUT2D eigenvalue weighted by atomic mass is 15.3. The summed E-state index contributed by atoms with van der Waals surface area (Å²) in [7, 11) is 1.85. The summed E-state index contributed by atoms with van der Waals surface area (Å²) in [4.78, 5) is 0. The van der Waals surface area contributed by atoms with E-state index < -0.39 is 0 Å². The zero-order chi connectivity index (χ0) is 11.5. The number of aryl methyl sites for hydroxylation is 1. The molecule has 84 valence electrons. The number of aromatic nitrogens is 2. The van der Waals surface area contributed by atoms with Crippen LogP contribution < -0.4 is 5.73 Å². The van der Waals surface area contributed by atoms with Gasteiger partial charge in [0, 0.05) is 18.7 Å². The quantitative estimate of drug-likeness (QED) is 0.823. The number of nitrogen functional groups attached to an aromatic ring is 1. The van der Waals surface area contributed by atoms with Crippen molar-refractivity contribution in [3.63, 3.8) is 0 Å². The Kier molecular flexibility index (Phi) is 2.95. The van der Waals surface area contributed by atoms with Gasteiger partial charge in [-0.25, -0.2) is 0 Å². The highest BCUT2D eigenvalue weighted by Crippen LogP contribution is 2.21. The molecule has 0 saturated carbocycles. The Morgan fingerprint density at radius 3 is 2.88 bits per heavy atom. The van der Waals surface area contributed by atoms with Crippen molar-refractivity contribution in [3.8, 4) is 0 Å². The van der Waals surface area contributed by atoms with Crippen molar-refractivity contribution in [3.05, 3.63) is 42.1 Å². The van der Waals surface area contributed by atoms with E-state index in [1.54, 1.807) is 4.68 Å². The van der Waals surface area contributed by atoms with Crippen LogP contribution in [0.15, 0.2) is 36.4 Å². The van der Waals surface area contributed by atoms with Gasteiger partial charge in [0.15, 0.2) is 0 Å². The lowest BCUT2D eigenvalue weighted by molar-refractivity contribution is 0.772. The maximum absolute atomic E-state index is 5.77. The topological polar surface area (TPSA) is 43.8 Å². The van der Waals surface area contributed by atoms with E-state index in [1.807, 2.05) is 13.1 Å². The first kappa shape index (κ1) is 10.7. The molecular weight excluding hydrogens is 198 g/mol. The summed E-state index contributed by atoms with van der Waals surface area (Å²) in [5.74, 6) is 1.21. The van der Waals surface area contributed by atoms with Gasteiger partial charge in [-0.3, -0.25) is 4.68 Å². The normalized spacial score (nSPS) is 19.6. The minimum absolute atomic E-state index is 0.523.